The van der Waals surface area contributed by atoms with Gasteiger partial charge in [0.1, 0.15) is 11.5 Å². The summed E-state index contributed by atoms with van der Waals surface area (Å²) in [6.07, 6.45) is 2.69. The first-order valence-electron chi connectivity index (χ1n) is 8.18. The van der Waals surface area contributed by atoms with Crippen molar-refractivity contribution in [1.82, 2.24) is 10.2 Å². The molecule has 0 spiro atoms. The molecule has 21 heavy (non-hydrogen) atoms. The van der Waals surface area contributed by atoms with Gasteiger partial charge in [-0.2, -0.15) is 0 Å². The molecule has 1 aliphatic rings. The van der Waals surface area contributed by atoms with E-state index in [0.29, 0.717) is 12.0 Å². The van der Waals surface area contributed by atoms with Crippen LogP contribution in [-0.4, -0.2) is 37.7 Å². The summed E-state index contributed by atoms with van der Waals surface area (Å²) in [7, 11) is 1.82. The fourth-order valence-corrected chi connectivity index (χ4v) is 2.99. The summed E-state index contributed by atoms with van der Waals surface area (Å²) in [5, 5.41) is 3.40. The Morgan fingerprint density at radius 2 is 2.29 bits per heavy atom. The fraction of sp³-hybridized carbons (Fsp3) is 0.765. The zero-order valence-electron chi connectivity index (χ0n) is 13.9. The van der Waals surface area contributed by atoms with E-state index in [1.807, 2.05) is 7.11 Å². The van der Waals surface area contributed by atoms with E-state index in [0.717, 1.165) is 50.7 Å². The first kappa shape index (κ1) is 16.5. The minimum Gasteiger partial charge on any atom is -0.463 e. The van der Waals surface area contributed by atoms with E-state index >= 15 is 0 Å². The molecule has 1 aromatic rings. The Balaban J connectivity index is 1.89. The van der Waals surface area contributed by atoms with E-state index in [2.05, 4.69) is 37.1 Å². The topological polar surface area (TPSA) is 37.6 Å². The molecule has 1 N–H and O–H groups in total. The van der Waals surface area contributed by atoms with E-state index in [1.54, 1.807) is 0 Å². The van der Waals surface area contributed by atoms with Crippen LogP contribution in [0.3, 0.4) is 0 Å². The molecule has 0 radical (unpaired) electrons. The van der Waals surface area contributed by atoms with Crippen LogP contribution in [0.15, 0.2) is 10.5 Å². The zero-order valence-corrected chi connectivity index (χ0v) is 13.9. The number of rotatable bonds is 7. The molecule has 0 aromatic carbocycles. The molecular weight excluding hydrogens is 264 g/mol. The summed E-state index contributed by atoms with van der Waals surface area (Å²) in [5.74, 6) is 2.80. The highest BCUT2D eigenvalue weighted by molar-refractivity contribution is 5.20. The molecular formula is C17H30N2O2. The first-order valence-corrected chi connectivity index (χ1v) is 8.18. The van der Waals surface area contributed by atoms with Gasteiger partial charge in [0.2, 0.25) is 0 Å². The van der Waals surface area contributed by atoms with E-state index in [-0.39, 0.29) is 0 Å². The molecule has 4 nitrogen and oxygen atoms in total. The number of hydrogen-bond donors (Lipinski definition) is 1. The van der Waals surface area contributed by atoms with Crippen molar-refractivity contribution >= 4 is 0 Å². The lowest BCUT2D eigenvalue weighted by atomic mass is 9.96. The van der Waals surface area contributed by atoms with Crippen LogP contribution in [-0.2, 0) is 17.8 Å². The number of hydrogen-bond acceptors (Lipinski definition) is 4. The van der Waals surface area contributed by atoms with Crippen LogP contribution in [0.5, 0.6) is 0 Å². The third-order valence-electron chi connectivity index (χ3n) is 4.44. The van der Waals surface area contributed by atoms with Gasteiger partial charge in [-0.25, -0.2) is 0 Å². The second-order valence-electron chi connectivity index (χ2n) is 6.27. The van der Waals surface area contributed by atoms with Crippen molar-refractivity contribution in [3.8, 4) is 0 Å². The standard InChI is InChI=1S/C17H30N2O2/c1-5-7-18-10-16-14(3)9-15(21-16)11-19-8-6-13(2)17(12-19)20-4/h9,13,17-18H,5-8,10-12H2,1-4H3. The van der Waals surface area contributed by atoms with Gasteiger partial charge in [-0.1, -0.05) is 13.8 Å². The maximum atomic E-state index is 6.01. The van der Waals surface area contributed by atoms with Crippen molar-refractivity contribution in [2.45, 2.75) is 52.8 Å². The molecule has 2 atom stereocenters. The lowest BCUT2D eigenvalue weighted by molar-refractivity contribution is -0.00925. The summed E-state index contributed by atoms with van der Waals surface area (Å²) in [5.41, 5.74) is 1.25. The second-order valence-corrected chi connectivity index (χ2v) is 6.27. The number of methoxy groups -OCH3 is 1. The fourth-order valence-electron chi connectivity index (χ4n) is 2.99. The Hall–Kier alpha value is -0.840. The first-order chi connectivity index (χ1) is 10.1. The Morgan fingerprint density at radius 3 is 3.00 bits per heavy atom. The minimum absolute atomic E-state index is 0.348. The molecule has 1 aromatic heterocycles. The smallest absolute Gasteiger partial charge is 0.120 e. The molecule has 1 fully saturated rings. The number of likely N-dealkylation sites (tertiary alicyclic amines) is 1. The van der Waals surface area contributed by atoms with Gasteiger partial charge in [0, 0.05) is 13.7 Å². The van der Waals surface area contributed by atoms with Gasteiger partial charge in [0.25, 0.3) is 0 Å². The molecule has 4 heteroatoms. The normalized spacial score (nSPS) is 23.6. The average Bonchev–Trinajstić information content (AvgIpc) is 2.81. The summed E-state index contributed by atoms with van der Waals surface area (Å²) in [4.78, 5) is 2.44. The van der Waals surface area contributed by atoms with Gasteiger partial charge >= 0.3 is 0 Å². The van der Waals surface area contributed by atoms with Crippen LogP contribution < -0.4 is 5.32 Å². The van der Waals surface area contributed by atoms with Crippen LogP contribution in [0, 0.1) is 12.8 Å². The van der Waals surface area contributed by atoms with Crippen molar-refractivity contribution in [3.63, 3.8) is 0 Å². The lowest BCUT2D eigenvalue weighted by Gasteiger charge is -2.35. The molecule has 2 heterocycles. The quantitative estimate of drug-likeness (QED) is 0.785. The van der Waals surface area contributed by atoms with Gasteiger partial charge in [-0.05, 0) is 50.4 Å². The van der Waals surface area contributed by atoms with Gasteiger partial charge in [0.05, 0.1) is 19.2 Å². The predicted octanol–water partition coefficient (Wildman–Crippen LogP) is 2.94. The van der Waals surface area contributed by atoms with Gasteiger partial charge in [-0.3, -0.25) is 4.90 Å². The third kappa shape index (κ3) is 4.56. The van der Waals surface area contributed by atoms with Crippen LogP contribution >= 0.6 is 0 Å². The SMILES string of the molecule is CCCNCc1oc(CN2CCC(C)C(OC)C2)cc1C. The average molecular weight is 294 g/mol. The highest BCUT2D eigenvalue weighted by Crippen LogP contribution is 2.22. The number of nitrogens with one attached hydrogen (secondary N) is 1. The van der Waals surface area contributed by atoms with E-state index in [9.17, 15) is 0 Å². The van der Waals surface area contributed by atoms with Crippen molar-refractivity contribution < 1.29 is 9.15 Å². The zero-order chi connectivity index (χ0) is 15.2. The molecule has 0 saturated carbocycles. The van der Waals surface area contributed by atoms with Crippen molar-refractivity contribution in [3.05, 3.63) is 23.2 Å². The summed E-state index contributed by atoms with van der Waals surface area (Å²) in [6.45, 7) is 11.5. The number of piperidine rings is 1. The van der Waals surface area contributed by atoms with Gasteiger partial charge in [-0.15, -0.1) is 0 Å². The van der Waals surface area contributed by atoms with Crippen LogP contribution in [0.25, 0.3) is 0 Å². The second kappa shape index (κ2) is 7.97. The molecule has 0 amide bonds. The highest BCUT2D eigenvalue weighted by Gasteiger charge is 2.26. The molecule has 0 aliphatic carbocycles. The molecule has 1 saturated heterocycles. The summed E-state index contributed by atoms with van der Waals surface area (Å²) in [6, 6.07) is 2.18. The van der Waals surface area contributed by atoms with Gasteiger partial charge in [0.15, 0.2) is 0 Å². The molecule has 1 aliphatic heterocycles. The molecule has 2 rings (SSSR count). The minimum atomic E-state index is 0.348. The highest BCUT2D eigenvalue weighted by atomic mass is 16.5. The maximum absolute atomic E-state index is 6.01. The number of furan rings is 1. The summed E-state index contributed by atoms with van der Waals surface area (Å²) < 4.78 is 11.6. The number of ether oxygens (including phenoxy) is 1. The summed E-state index contributed by atoms with van der Waals surface area (Å²) >= 11 is 0. The Morgan fingerprint density at radius 1 is 1.48 bits per heavy atom. The van der Waals surface area contributed by atoms with Crippen molar-refractivity contribution in [2.75, 3.05) is 26.7 Å². The van der Waals surface area contributed by atoms with E-state index in [4.69, 9.17) is 9.15 Å². The van der Waals surface area contributed by atoms with E-state index < -0.39 is 0 Å². The van der Waals surface area contributed by atoms with Crippen molar-refractivity contribution in [1.29, 1.82) is 0 Å². The van der Waals surface area contributed by atoms with Crippen LogP contribution in [0.1, 0.15) is 43.8 Å². The molecule has 120 valence electrons. The Kier molecular flexibility index (Phi) is 6.27. The molecule has 0 bridgehead atoms. The monoisotopic (exact) mass is 294 g/mol. The largest absolute Gasteiger partial charge is 0.463 e. The Labute approximate surface area is 128 Å². The van der Waals surface area contributed by atoms with Crippen LogP contribution in [0.2, 0.25) is 0 Å². The van der Waals surface area contributed by atoms with Crippen molar-refractivity contribution in [2.24, 2.45) is 5.92 Å². The molecule has 2 unspecified atom stereocenters. The lowest BCUT2D eigenvalue weighted by Crippen LogP contribution is -2.43. The van der Waals surface area contributed by atoms with Gasteiger partial charge < -0.3 is 14.5 Å². The predicted molar refractivity (Wildman–Crippen MR) is 85.3 cm³/mol. The Bertz CT molecular complexity index is 430. The van der Waals surface area contributed by atoms with E-state index in [1.165, 1.54) is 12.0 Å². The van der Waals surface area contributed by atoms with Crippen LogP contribution in [0.4, 0.5) is 0 Å². The maximum Gasteiger partial charge on any atom is 0.120 e. The third-order valence-corrected chi connectivity index (χ3v) is 4.44. The number of nitrogens with zero attached hydrogens (tertiary/aromatic N) is 1. The number of aryl methyl sites for hydroxylation is 1.